The van der Waals surface area contributed by atoms with Gasteiger partial charge in [0.1, 0.15) is 5.75 Å². The van der Waals surface area contributed by atoms with Crippen LogP contribution in [-0.4, -0.2) is 6.61 Å². The number of aryl methyl sites for hydroxylation is 1. The molecular weight excluding hydrogens is 252 g/mol. The summed E-state index contributed by atoms with van der Waals surface area (Å²) >= 11 is 8.16. The van der Waals surface area contributed by atoms with Crippen LogP contribution in [0.3, 0.4) is 0 Å². The number of halogens is 1. The number of rotatable bonds is 2. The molecule has 1 unspecified atom stereocenters. The summed E-state index contributed by atoms with van der Waals surface area (Å²) in [5, 5.41) is 4.12. The summed E-state index contributed by atoms with van der Waals surface area (Å²) < 4.78 is 5.61. The molecule has 0 radical (unpaired) electrons. The second-order valence-electron chi connectivity index (χ2n) is 4.24. The van der Waals surface area contributed by atoms with Gasteiger partial charge in [0.25, 0.3) is 0 Å². The van der Waals surface area contributed by atoms with E-state index in [1.54, 1.807) is 11.3 Å². The van der Waals surface area contributed by atoms with E-state index in [0.717, 1.165) is 30.8 Å². The van der Waals surface area contributed by atoms with Gasteiger partial charge in [-0.25, -0.2) is 0 Å². The summed E-state index contributed by atoms with van der Waals surface area (Å²) in [6.45, 7) is 0.835. The van der Waals surface area contributed by atoms with Gasteiger partial charge in [-0.3, -0.25) is 0 Å². The predicted molar refractivity (Wildman–Crippen MR) is 72.3 cm³/mol. The number of fused-ring (bicyclic) bond motifs is 1. The fraction of sp³-hybridized carbons (Fsp3) is 0.286. The van der Waals surface area contributed by atoms with E-state index in [1.165, 1.54) is 11.1 Å². The first-order valence-electron chi connectivity index (χ1n) is 5.76. The number of alkyl halides is 1. The molecule has 0 fully saturated rings. The first-order valence-corrected chi connectivity index (χ1v) is 7.14. The second kappa shape index (κ2) is 4.71. The third-order valence-electron chi connectivity index (χ3n) is 3.06. The number of hydrogen-bond acceptors (Lipinski definition) is 2. The maximum Gasteiger partial charge on any atom is 0.122 e. The molecule has 0 N–H and O–H groups in total. The summed E-state index contributed by atoms with van der Waals surface area (Å²) in [6.07, 6.45) is 2.19. The summed E-state index contributed by atoms with van der Waals surface area (Å²) in [6, 6.07) is 8.38. The van der Waals surface area contributed by atoms with Crippen molar-refractivity contribution in [2.24, 2.45) is 0 Å². The molecule has 3 rings (SSSR count). The van der Waals surface area contributed by atoms with Crippen LogP contribution in [0.4, 0.5) is 0 Å². The Morgan fingerprint density at radius 3 is 3.00 bits per heavy atom. The Morgan fingerprint density at radius 1 is 1.24 bits per heavy atom. The molecule has 3 heteroatoms. The molecule has 0 aliphatic carbocycles. The summed E-state index contributed by atoms with van der Waals surface area (Å²) in [5.74, 6) is 1.02. The monoisotopic (exact) mass is 264 g/mol. The van der Waals surface area contributed by atoms with Crippen molar-refractivity contribution in [2.75, 3.05) is 6.61 Å². The van der Waals surface area contributed by atoms with Crippen LogP contribution in [0.1, 0.15) is 28.5 Å². The van der Waals surface area contributed by atoms with Gasteiger partial charge >= 0.3 is 0 Å². The van der Waals surface area contributed by atoms with Gasteiger partial charge in [-0.1, -0.05) is 12.1 Å². The Balaban J connectivity index is 1.93. The van der Waals surface area contributed by atoms with E-state index in [2.05, 4.69) is 29.0 Å². The quantitative estimate of drug-likeness (QED) is 0.731. The topological polar surface area (TPSA) is 9.23 Å². The molecule has 88 valence electrons. The zero-order valence-electron chi connectivity index (χ0n) is 9.36. The van der Waals surface area contributed by atoms with Crippen molar-refractivity contribution in [1.29, 1.82) is 0 Å². The van der Waals surface area contributed by atoms with E-state index >= 15 is 0 Å². The molecule has 0 bridgehead atoms. The smallest absolute Gasteiger partial charge is 0.122 e. The van der Waals surface area contributed by atoms with Crippen LogP contribution in [0.15, 0.2) is 35.0 Å². The van der Waals surface area contributed by atoms with E-state index in [4.69, 9.17) is 16.3 Å². The number of benzene rings is 1. The van der Waals surface area contributed by atoms with Crippen LogP contribution in [0.25, 0.3) is 0 Å². The third-order valence-corrected chi connectivity index (χ3v) is 4.27. The van der Waals surface area contributed by atoms with Crippen molar-refractivity contribution >= 4 is 22.9 Å². The largest absolute Gasteiger partial charge is 0.493 e. The molecule has 1 aliphatic rings. The van der Waals surface area contributed by atoms with Gasteiger partial charge < -0.3 is 4.74 Å². The fourth-order valence-electron chi connectivity index (χ4n) is 2.15. The first-order chi connectivity index (χ1) is 8.34. The Morgan fingerprint density at radius 2 is 2.18 bits per heavy atom. The molecule has 1 aromatic carbocycles. The molecule has 2 aromatic rings. The van der Waals surface area contributed by atoms with Gasteiger partial charge in [-0.2, -0.15) is 11.3 Å². The van der Waals surface area contributed by atoms with E-state index in [-0.39, 0.29) is 5.38 Å². The number of ether oxygens (including phenoxy) is 1. The van der Waals surface area contributed by atoms with Crippen LogP contribution >= 0.6 is 22.9 Å². The summed E-state index contributed by atoms with van der Waals surface area (Å²) in [7, 11) is 0. The Labute approximate surface area is 110 Å². The lowest BCUT2D eigenvalue weighted by atomic mass is 10.00. The van der Waals surface area contributed by atoms with Crippen LogP contribution in [-0.2, 0) is 6.42 Å². The van der Waals surface area contributed by atoms with Gasteiger partial charge in [0.2, 0.25) is 0 Å². The maximum absolute atomic E-state index is 6.48. The van der Waals surface area contributed by atoms with Crippen LogP contribution in [0.2, 0.25) is 0 Å². The standard InChI is InChI=1S/C14H13ClOS/c15-14(12-5-7-17-9-12)11-3-4-13-10(8-11)2-1-6-16-13/h3-5,7-9,14H,1-2,6H2. The van der Waals surface area contributed by atoms with Gasteiger partial charge in [0.05, 0.1) is 12.0 Å². The minimum absolute atomic E-state index is 0.0477. The highest BCUT2D eigenvalue weighted by molar-refractivity contribution is 7.08. The SMILES string of the molecule is ClC(c1ccsc1)c1ccc2c(c1)CCCO2. The highest BCUT2D eigenvalue weighted by Crippen LogP contribution is 2.34. The predicted octanol–water partition coefficient (Wildman–Crippen LogP) is 4.40. The lowest BCUT2D eigenvalue weighted by Gasteiger charge is -2.19. The molecule has 0 saturated heterocycles. The molecular formula is C14H13ClOS. The molecule has 2 heterocycles. The molecule has 1 atom stereocenters. The van der Waals surface area contributed by atoms with Crippen molar-refractivity contribution in [1.82, 2.24) is 0 Å². The molecule has 0 amide bonds. The third kappa shape index (κ3) is 2.20. The Kier molecular flexibility index (Phi) is 3.08. The minimum Gasteiger partial charge on any atom is -0.493 e. The highest BCUT2D eigenvalue weighted by atomic mass is 35.5. The summed E-state index contributed by atoms with van der Waals surface area (Å²) in [5.41, 5.74) is 3.62. The van der Waals surface area contributed by atoms with E-state index in [1.807, 2.05) is 6.07 Å². The molecule has 1 nitrogen and oxygen atoms in total. The zero-order valence-corrected chi connectivity index (χ0v) is 10.9. The van der Waals surface area contributed by atoms with Crippen molar-refractivity contribution in [3.63, 3.8) is 0 Å². The Hall–Kier alpha value is -0.990. The van der Waals surface area contributed by atoms with Crippen molar-refractivity contribution in [3.05, 3.63) is 51.7 Å². The lowest BCUT2D eigenvalue weighted by Crippen LogP contribution is -2.08. The molecule has 17 heavy (non-hydrogen) atoms. The van der Waals surface area contributed by atoms with Crippen LogP contribution in [0, 0.1) is 0 Å². The van der Waals surface area contributed by atoms with Gasteiger partial charge in [0.15, 0.2) is 0 Å². The maximum atomic E-state index is 6.48. The van der Waals surface area contributed by atoms with E-state index < -0.39 is 0 Å². The average Bonchev–Trinajstić information content (AvgIpc) is 2.91. The molecule has 0 saturated carbocycles. The number of hydrogen-bond donors (Lipinski definition) is 0. The van der Waals surface area contributed by atoms with Gasteiger partial charge in [-0.15, -0.1) is 11.6 Å². The highest BCUT2D eigenvalue weighted by Gasteiger charge is 2.15. The van der Waals surface area contributed by atoms with Crippen LogP contribution in [0.5, 0.6) is 5.75 Å². The van der Waals surface area contributed by atoms with Crippen LogP contribution < -0.4 is 4.74 Å². The molecule has 0 spiro atoms. The van der Waals surface area contributed by atoms with Crippen molar-refractivity contribution < 1.29 is 4.74 Å². The first kappa shape index (κ1) is 11.1. The lowest BCUT2D eigenvalue weighted by molar-refractivity contribution is 0.288. The van der Waals surface area contributed by atoms with Gasteiger partial charge in [-0.05, 0) is 52.4 Å². The van der Waals surface area contributed by atoms with E-state index in [0.29, 0.717) is 0 Å². The normalized spacial score (nSPS) is 16.1. The van der Waals surface area contributed by atoms with E-state index in [9.17, 15) is 0 Å². The fourth-order valence-corrected chi connectivity index (χ4v) is 3.18. The average molecular weight is 265 g/mol. The number of thiophene rings is 1. The van der Waals surface area contributed by atoms with Gasteiger partial charge in [0, 0.05) is 0 Å². The zero-order chi connectivity index (χ0) is 11.7. The molecule has 1 aliphatic heterocycles. The minimum atomic E-state index is -0.0477. The van der Waals surface area contributed by atoms with Crippen molar-refractivity contribution in [2.45, 2.75) is 18.2 Å². The summed E-state index contributed by atoms with van der Waals surface area (Å²) in [4.78, 5) is 0. The van der Waals surface area contributed by atoms with Crippen molar-refractivity contribution in [3.8, 4) is 5.75 Å². The Bertz CT molecular complexity index is 507. The molecule has 1 aromatic heterocycles. The second-order valence-corrected chi connectivity index (χ2v) is 5.45.